The number of likely N-dealkylation sites (tertiary alicyclic amines) is 1. The molecule has 0 radical (unpaired) electrons. The largest absolute Gasteiger partial charge is 0.340 e. The minimum Gasteiger partial charge on any atom is -0.340 e. The number of fused-ring (bicyclic) bond motifs is 1. The minimum atomic E-state index is -0.572. The molecule has 2 aromatic heterocycles. The Balaban J connectivity index is 1.68. The number of aryl methyl sites for hydroxylation is 2. The van der Waals surface area contributed by atoms with Gasteiger partial charge in [0.15, 0.2) is 0 Å². The third-order valence-corrected chi connectivity index (χ3v) is 6.46. The summed E-state index contributed by atoms with van der Waals surface area (Å²) in [5, 5.41) is 8.17. The van der Waals surface area contributed by atoms with Crippen molar-refractivity contribution in [2.45, 2.75) is 46.2 Å². The molecular weight excluding hydrogens is 350 g/mol. The average Bonchev–Trinajstić information content (AvgIpc) is 3.11. The van der Waals surface area contributed by atoms with E-state index in [1.54, 1.807) is 11.6 Å². The van der Waals surface area contributed by atoms with Crippen LogP contribution in [0.2, 0.25) is 0 Å². The van der Waals surface area contributed by atoms with Crippen molar-refractivity contribution in [2.24, 2.45) is 18.2 Å². The van der Waals surface area contributed by atoms with E-state index in [2.05, 4.69) is 24.3 Å². The van der Waals surface area contributed by atoms with Gasteiger partial charge in [-0.1, -0.05) is 13.8 Å². The second-order valence-electron chi connectivity index (χ2n) is 7.88. The smallest absolute Gasteiger partial charge is 0.262 e. The lowest BCUT2D eigenvalue weighted by molar-refractivity contribution is -0.136. The van der Waals surface area contributed by atoms with E-state index < -0.39 is 6.04 Å². The molecule has 2 aromatic rings. The first kappa shape index (κ1) is 18.8. The standard InChI is InChI=1S/C18H27N5O2S/c1-10-12-8-13(26-17(12)22(5)21-10)15(24)20-11(2)16(25)23-7-6-14(19)18(3,4)9-23/h8,11,14H,6-7,9,19H2,1-5H3,(H,20,24). The Morgan fingerprint density at radius 3 is 2.77 bits per heavy atom. The number of nitrogens with one attached hydrogen (secondary N) is 1. The van der Waals surface area contributed by atoms with Crippen molar-refractivity contribution in [1.82, 2.24) is 20.0 Å². The van der Waals surface area contributed by atoms with Crippen LogP contribution in [0.25, 0.3) is 10.2 Å². The van der Waals surface area contributed by atoms with E-state index in [1.807, 2.05) is 24.9 Å². The third-order valence-electron chi connectivity index (χ3n) is 5.26. The summed E-state index contributed by atoms with van der Waals surface area (Å²) in [7, 11) is 1.86. The van der Waals surface area contributed by atoms with Gasteiger partial charge in [-0.15, -0.1) is 11.3 Å². The Bertz CT molecular complexity index is 819. The Hall–Kier alpha value is -1.93. The predicted octanol–water partition coefficient (Wildman–Crippen LogP) is 1.65. The lowest BCUT2D eigenvalue weighted by Crippen LogP contribution is -2.57. The molecule has 2 atom stereocenters. The maximum absolute atomic E-state index is 12.7. The molecule has 2 unspecified atom stereocenters. The van der Waals surface area contributed by atoms with Gasteiger partial charge in [0.25, 0.3) is 5.91 Å². The fourth-order valence-electron chi connectivity index (χ4n) is 3.48. The van der Waals surface area contributed by atoms with Crippen LogP contribution in [0.1, 0.15) is 42.6 Å². The molecule has 2 amide bonds. The first-order chi connectivity index (χ1) is 12.1. The van der Waals surface area contributed by atoms with E-state index >= 15 is 0 Å². The molecule has 0 aliphatic carbocycles. The first-order valence-corrected chi connectivity index (χ1v) is 9.70. The highest BCUT2D eigenvalue weighted by atomic mass is 32.1. The monoisotopic (exact) mass is 377 g/mol. The topological polar surface area (TPSA) is 93.2 Å². The molecule has 3 N–H and O–H groups in total. The molecule has 26 heavy (non-hydrogen) atoms. The minimum absolute atomic E-state index is 0.0581. The Kier molecular flexibility index (Phi) is 4.83. The molecule has 142 valence electrons. The number of nitrogens with zero attached hydrogens (tertiary/aromatic N) is 3. The molecule has 1 saturated heterocycles. The van der Waals surface area contributed by atoms with Crippen LogP contribution < -0.4 is 11.1 Å². The number of piperidine rings is 1. The van der Waals surface area contributed by atoms with Crippen molar-refractivity contribution in [1.29, 1.82) is 0 Å². The fourth-order valence-corrected chi connectivity index (χ4v) is 4.51. The van der Waals surface area contributed by atoms with Gasteiger partial charge in [-0.05, 0) is 31.7 Å². The molecule has 0 saturated carbocycles. The number of aromatic nitrogens is 2. The van der Waals surface area contributed by atoms with Crippen LogP contribution in [0.3, 0.4) is 0 Å². The number of carbonyl (C=O) groups excluding carboxylic acids is 2. The van der Waals surface area contributed by atoms with Crippen LogP contribution in [0.5, 0.6) is 0 Å². The number of carbonyl (C=O) groups is 2. The van der Waals surface area contributed by atoms with Crippen LogP contribution in [-0.2, 0) is 11.8 Å². The van der Waals surface area contributed by atoms with Crippen molar-refractivity contribution in [3.63, 3.8) is 0 Å². The average molecular weight is 378 g/mol. The Morgan fingerprint density at radius 2 is 2.15 bits per heavy atom. The van der Waals surface area contributed by atoms with Crippen LogP contribution in [0, 0.1) is 12.3 Å². The summed E-state index contributed by atoms with van der Waals surface area (Å²) >= 11 is 1.39. The summed E-state index contributed by atoms with van der Waals surface area (Å²) in [5.41, 5.74) is 6.92. The van der Waals surface area contributed by atoms with Crippen LogP contribution in [0.4, 0.5) is 0 Å². The van der Waals surface area contributed by atoms with Gasteiger partial charge in [0.2, 0.25) is 5.91 Å². The van der Waals surface area contributed by atoms with Crippen molar-refractivity contribution in [3.8, 4) is 0 Å². The lowest BCUT2D eigenvalue weighted by Gasteiger charge is -2.43. The molecule has 1 fully saturated rings. The van der Waals surface area contributed by atoms with Gasteiger partial charge in [0.05, 0.1) is 10.6 Å². The second-order valence-corrected chi connectivity index (χ2v) is 8.91. The first-order valence-electron chi connectivity index (χ1n) is 8.88. The summed E-state index contributed by atoms with van der Waals surface area (Å²) in [6, 6.07) is 1.36. The maximum atomic E-state index is 12.7. The number of hydrogen-bond donors (Lipinski definition) is 2. The van der Waals surface area contributed by atoms with Gasteiger partial charge >= 0.3 is 0 Å². The fraction of sp³-hybridized carbons (Fsp3) is 0.611. The Labute approximate surface area is 157 Å². The van der Waals surface area contributed by atoms with Gasteiger partial charge in [-0.2, -0.15) is 5.10 Å². The molecule has 0 spiro atoms. The molecule has 7 nitrogen and oxygen atoms in total. The van der Waals surface area contributed by atoms with Crippen LogP contribution in [-0.4, -0.2) is 51.7 Å². The van der Waals surface area contributed by atoms with E-state index in [1.165, 1.54) is 11.3 Å². The van der Waals surface area contributed by atoms with E-state index in [0.717, 1.165) is 22.3 Å². The van der Waals surface area contributed by atoms with Crippen molar-refractivity contribution in [2.75, 3.05) is 13.1 Å². The quantitative estimate of drug-likeness (QED) is 0.850. The lowest BCUT2D eigenvalue weighted by atomic mass is 9.79. The van der Waals surface area contributed by atoms with Gasteiger partial charge in [-0.25, -0.2) is 0 Å². The Morgan fingerprint density at radius 1 is 1.46 bits per heavy atom. The van der Waals surface area contributed by atoms with Gasteiger partial charge in [0, 0.05) is 31.6 Å². The zero-order chi connectivity index (χ0) is 19.2. The molecule has 3 heterocycles. The van der Waals surface area contributed by atoms with Gasteiger partial charge in [-0.3, -0.25) is 14.3 Å². The van der Waals surface area contributed by atoms with Crippen LogP contribution >= 0.6 is 11.3 Å². The molecule has 0 aromatic carbocycles. The van der Waals surface area contributed by atoms with Crippen LogP contribution in [0.15, 0.2) is 6.07 Å². The number of thiophene rings is 1. The normalized spacial score (nSPS) is 21.0. The highest BCUT2D eigenvalue weighted by Crippen LogP contribution is 2.29. The van der Waals surface area contributed by atoms with E-state index in [4.69, 9.17) is 5.73 Å². The van der Waals surface area contributed by atoms with Crippen molar-refractivity contribution in [3.05, 3.63) is 16.6 Å². The maximum Gasteiger partial charge on any atom is 0.262 e. The SMILES string of the molecule is Cc1nn(C)c2sc(C(=O)NC(C)C(=O)N3CCC(N)C(C)(C)C3)cc12. The van der Waals surface area contributed by atoms with Gasteiger partial charge in [0.1, 0.15) is 10.9 Å². The summed E-state index contributed by atoms with van der Waals surface area (Å²) < 4.78 is 1.78. The predicted molar refractivity (Wildman–Crippen MR) is 103 cm³/mol. The number of hydrogen-bond acceptors (Lipinski definition) is 5. The molecule has 1 aliphatic rings. The van der Waals surface area contributed by atoms with E-state index in [-0.39, 0.29) is 23.3 Å². The molecule has 1 aliphatic heterocycles. The summed E-state index contributed by atoms with van der Waals surface area (Å²) in [5.74, 6) is -0.281. The van der Waals surface area contributed by atoms with Crippen molar-refractivity contribution < 1.29 is 9.59 Å². The van der Waals surface area contributed by atoms with E-state index in [0.29, 0.717) is 18.0 Å². The number of amides is 2. The molecule has 0 bridgehead atoms. The molecule has 3 rings (SSSR count). The molecular formula is C18H27N5O2S. The second kappa shape index (κ2) is 6.66. The zero-order valence-corrected chi connectivity index (χ0v) is 16.8. The summed E-state index contributed by atoms with van der Waals surface area (Å²) in [6.07, 6.45) is 0.780. The molecule has 8 heteroatoms. The third kappa shape index (κ3) is 3.35. The highest BCUT2D eigenvalue weighted by Gasteiger charge is 2.36. The van der Waals surface area contributed by atoms with Gasteiger partial charge < -0.3 is 16.0 Å². The number of nitrogens with two attached hydrogens (primary N) is 1. The van der Waals surface area contributed by atoms with E-state index in [9.17, 15) is 9.59 Å². The highest BCUT2D eigenvalue weighted by molar-refractivity contribution is 7.20. The number of rotatable bonds is 3. The zero-order valence-electron chi connectivity index (χ0n) is 16.0. The summed E-state index contributed by atoms with van der Waals surface area (Å²) in [4.78, 5) is 28.7. The summed E-state index contributed by atoms with van der Waals surface area (Å²) in [6.45, 7) is 9.06. The van der Waals surface area contributed by atoms with Crippen molar-refractivity contribution >= 4 is 33.4 Å².